The lowest BCUT2D eigenvalue weighted by Gasteiger charge is -2.27. The second-order valence-electron chi connectivity index (χ2n) is 22.0. The Hall–Kier alpha value is -3.33. The van der Waals surface area contributed by atoms with Crippen LogP contribution in [0.4, 0.5) is 0 Å². The minimum atomic E-state index is -4.47. The number of phosphoric ester groups is 1. The van der Waals surface area contributed by atoms with Crippen LogP contribution in [-0.2, 0) is 27.9 Å². The second-order valence-corrected chi connectivity index (χ2v) is 23.5. The molecule has 2 N–H and O–H groups in total. The average Bonchev–Trinajstić information content (AvgIpc) is 3.39. The number of quaternary nitrogens is 1. The molecule has 0 aromatic heterocycles. The standard InChI is InChI=1S/C67H117N2O7P/c1-7-10-13-16-19-22-25-28-30-32-33-34-35-37-38-41-44-47-50-53-56-59-66(70)68-64(63-75-77(72,73)74-62-61-69(4,5)6)65(58-55-52-49-46-43-40-27-24-21-18-15-12-9-3)76-67(71)60-57-54-51-48-45-42-39-36-31-29-26-23-20-17-14-11-8-2/h11,14,17,19-20,22-23,26,28-31,36,39,42,45,55,58,64-65H,7-10,12-13,15-16,18,21,24-25,27,32-35,37-38,40-41,43-44,46-54,56-57,59-63H2,1-6H3,(H-,68,70,72,73)/p+1/b14-11-,20-17+,22-19-,26-23+,30-28-,31-29-,39-36+,45-42+,58-55-. The highest BCUT2D eigenvalue weighted by atomic mass is 31.2. The Morgan fingerprint density at radius 2 is 0.883 bits per heavy atom. The number of unbranched alkanes of at least 4 members (excludes halogenated alkanes) is 28. The van der Waals surface area contributed by atoms with Crippen molar-refractivity contribution in [3.05, 3.63) is 109 Å². The van der Waals surface area contributed by atoms with Gasteiger partial charge in [-0.1, -0.05) is 265 Å². The van der Waals surface area contributed by atoms with E-state index in [4.69, 9.17) is 13.8 Å². The summed E-state index contributed by atoms with van der Waals surface area (Å²) in [5, 5.41) is 3.05. The molecule has 0 bridgehead atoms. The highest BCUT2D eigenvalue weighted by molar-refractivity contribution is 7.47. The fourth-order valence-corrected chi connectivity index (χ4v) is 9.27. The lowest BCUT2D eigenvalue weighted by molar-refractivity contribution is -0.870. The quantitative estimate of drug-likeness (QED) is 0.0156. The molecule has 0 heterocycles. The minimum Gasteiger partial charge on any atom is -0.456 e. The summed E-state index contributed by atoms with van der Waals surface area (Å²) >= 11 is 0. The summed E-state index contributed by atoms with van der Waals surface area (Å²) < 4.78 is 30.7. The molecule has 0 fully saturated rings. The highest BCUT2D eigenvalue weighted by Crippen LogP contribution is 2.43. The van der Waals surface area contributed by atoms with Crippen molar-refractivity contribution in [2.24, 2.45) is 0 Å². The third-order valence-corrected chi connectivity index (χ3v) is 14.3. The fraction of sp³-hybridized carbons (Fsp3) is 0.701. The van der Waals surface area contributed by atoms with Gasteiger partial charge in [-0.25, -0.2) is 4.57 Å². The van der Waals surface area contributed by atoms with Crippen LogP contribution in [0.5, 0.6) is 0 Å². The van der Waals surface area contributed by atoms with Crippen LogP contribution in [0.3, 0.4) is 0 Å². The van der Waals surface area contributed by atoms with Crippen molar-refractivity contribution in [3.63, 3.8) is 0 Å². The highest BCUT2D eigenvalue weighted by Gasteiger charge is 2.30. The average molecular weight is 1090 g/mol. The molecular weight excluding hydrogens is 976 g/mol. The molecule has 0 spiro atoms. The second kappa shape index (κ2) is 56.0. The Morgan fingerprint density at radius 1 is 0.481 bits per heavy atom. The van der Waals surface area contributed by atoms with Crippen molar-refractivity contribution in [3.8, 4) is 0 Å². The molecule has 3 unspecified atom stereocenters. The molecule has 0 radical (unpaired) electrons. The zero-order chi connectivity index (χ0) is 56.4. The molecule has 77 heavy (non-hydrogen) atoms. The summed E-state index contributed by atoms with van der Waals surface area (Å²) in [7, 11) is 1.46. The topological polar surface area (TPSA) is 111 Å². The van der Waals surface area contributed by atoms with Gasteiger partial charge in [0.05, 0.1) is 33.8 Å². The molecule has 0 saturated heterocycles. The van der Waals surface area contributed by atoms with Gasteiger partial charge in [-0.3, -0.25) is 18.6 Å². The van der Waals surface area contributed by atoms with Gasteiger partial charge in [0.15, 0.2) is 0 Å². The molecule has 10 heteroatoms. The number of esters is 1. The summed E-state index contributed by atoms with van der Waals surface area (Å²) in [6.45, 7) is 6.81. The molecule has 0 aromatic carbocycles. The van der Waals surface area contributed by atoms with Crippen molar-refractivity contribution < 1.29 is 37.3 Å². The van der Waals surface area contributed by atoms with Gasteiger partial charge in [0, 0.05) is 12.8 Å². The minimum absolute atomic E-state index is 0.0269. The van der Waals surface area contributed by atoms with Gasteiger partial charge in [0.25, 0.3) is 0 Å². The first kappa shape index (κ1) is 73.7. The number of ether oxygens (including phenoxy) is 1. The van der Waals surface area contributed by atoms with Crippen LogP contribution >= 0.6 is 7.82 Å². The van der Waals surface area contributed by atoms with Gasteiger partial charge in [0.1, 0.15) is 19.3 Å². The van der Waals surface area contributed by atoms with Crippen molar-refractivity contribution in [2.75, 3.05) is 40.9 Å². The van der Waals surface area contributed by atoms with Crippen molar-refractivity contribution >= 4 is 19.7 Å². The van der Waals surface area contributed by atoms with Gasteiger partial charge in [0.2, 0.25) is 5.91 Å². The SMILES string of the molecule is CC\C=C/C=C/C=C/C=C\C=C\C=C\CCCCCC(=O)OC(/C=C\CCCCCCCCCCCCC)C(COP(=O)(O)OCC[N+](C)(C)C)NC(=O)CCCCCCCCCCCCC/C=C\C/C=C\CCCCC. The zero-order valence-corrected chi connectivity index (χ0v) is 51.3. The van der Waals surface area contributed by atoms with Crippen LogP contribution in [-0.4, -0.2) is 74.3 Å². The largest absolute Gasteiger partial charge is 0.472 e. The van der Waals surface area contributed by atoms with E-state index in [1.54, 1.807) is 0 Å². The van der Waals surface area contributed by atoms with Gasteiger partial charge in [-0.05, 0) is 83.1 Å². The van der Waals surface area contributed by atoms with Crippen molar-refractivity contribution in [2.45, 2.75) is 264 Å². The van der Waals surface area contributed by atoms with Crippen LogP contribution in [0.15, 0.2) is 109 Å². The zero-order valence-electron chi connectivity index (χ0n) is 50.4. The van der Waals surface area contributed by atoms with E-state index in [-0.39, 0.29) is 31.5 Å². The van der Waals surface area contributed by atoms with Crippen LogP contribution in [0.2, 0.25) is 0 Å². The van der Waals surface area contributed by atoms with E-state index >= 15 is 0 Å². The molecule has 0 aromatic rings. The van der Waals surface area contributed by atoms with E-state index in [1.165, 1.54) is 141 Å². The summed E-state index contributed by atoms with van der Waals surface area (Å²) in [5.41, 5.74) is 0. The van der Waals surface area contributed by atoms with Gasteiger partial charge in [-0.15, -0.1) is 0 Å². The van der Waals surface area contributed by atoms with E-state index in [0.29, 0.717) is 23.9 Å². The Kier molecular flexibility index (Phi) is 53.5. The third kappa shape index (κ3) is 57.2. The Morgan fingerprint density at radius 3 is 1.39 bits per heavy atom. The molecule has 0 aliphatic heterocycles. The van der Waals surface area contributed by atoms with E-state index < -0.39 is 20.0 Å². The van der Waals surface area contributed by atoms with Crippen LogP contribution < -0.4 is 5.32 Å². The van der Waals surface area contributed by atoms with Crippen LogP contribution in [0, 0.1) is 0 Å². The molecule has 9 nitrogen and oxygen atoms in total. The fourth-order valence-electron chi connectivity index (χ4n) is 8.53. The number of carbonyl (C=O) groups is 2. The van der Waals surface area contributed by atoms with Crippen molar-refractivity contribution in [1.82, 2.24) is 5.32 Å². The summed E-state index contributed by atoms with van der Waals surface area (Å²) in [6.07, 6.45) is 76.5. The third-order valence-electron chi connectivity index (χ3n) is 13.4. The predicted octanol–water partition coefficient (Wildman–Crippen LogP) is 19.3. The lowest BCUT2D eigenvalue weighted by atomic mass is 10.0. The molecular formula is C67H118N2O7P+. The predicted molar refractivity (Wildman–Crippen MR) is 332 cm³/mol. The molecule has 1 amide bonds. The number of hydrogen-bond acceptors (Lipinski definition) is 6. The van der Waals surface area contributed by atoms with E-state index in [1.807, 2.05) is 94.1 Å². The number of allylic oxidation sites excluding steroid dienone is 17. The summed E-state index contributed by atoms with van der Waals surface area (Å²) in [4.78, 5) is 37.7. The smallest absolute Gasteiger partial charge is 0.456 e. The van der Waals surface area contributed by atoms with Crippen LogP contribution in [0.25, 0.3) is 0 Å². The molecule has 3 atom stereocenters. The summed E-state index contributed by atoms with van der Waals surface area (Å²) in [5.74, 6) is -0.562. The van der Waals surface area contributed by atoms with E-state index in [0.717, 1.165) is 70.6 Å². The number of phosphoric acid groups is 1. The molecule has 0 rings (SSSR count). The maximum atomic E-state index is 13.6. The molecule has 0 aliphatic carbocycles. The van der Waals surface area contributed by atoms with Crippen molar-refractivity contribution in [1.29, 1.82) is 0 Å². The first-order chi connectivity index (χ1) is 37.4. The number of amides is 1. The summed E-state index contributed by atoms with van der Waals surface area (Å²) in [6, 6.07) is -0.875. The maximum absolute atomic E-state index is 13.6. The van der Waals surface area contributed by atoms with Gasteiger partial charge < -0.3 is 19.4 Å². The number of nitrogens with zero attached hydrogens (tertiary/aromatic N) is 1. The normalized spacial score (nSPS) is 14.4. The van der Waals surface area contributed by atoms with E-state index in [2.05, 4.69) is 62.5 Å². The molecule has 0 saturated carbocycles. The number of carbonyl (C=O) groups excluding carboxylic acids is 2. The first-order valence-corrected chi connectivity index (χ1v) is 32.8. The maximum Gasteiger partial charge on any atom is 0.472 e. The number of rotatable bonds is 55. The number of nitrogens with one attached hydrogen (secondary N) is 1. The monoisotopic (exact) mass is 1090 g/mol. The Balaban J connectivity index is 5.34. The molecule has 0 aliphatic rings. The number of likely N-dealkylation sites (N-methyl/N-ethyl adjacent to an activating group) is 1. The molecule has 442 valence electrons. The van der Waals surface area contributed by atoms with Gasteiger partial charge in [-0.2, -0.15) is 0 Å². The Labute approximate surface area is 474 Å². The number of hydrogen-bond donors (Lipinski definition) is 2. The van der Waals surface area contributed by atoms with Gasteiger partial charge >= 0.3 is 13.8 Å². The van der Waals surface area contributed by atoms with Crippen LogP contribution in [0.1, 0.15) is 252 Å². The Bertz CT molecular complexity index is 1690. The lowest BCUT2D eigenvalue weighted by Crippen LogP contribution is -2.47. The first-order valence-electron chi connectivity index (χ1n) is 31.3. The van der Waals surface area contributed by atoms with E-state index in [9.17, 15) is 19.0 Å².